The molecule has 0 saturated heterocycles. The van der Waals surface area contributed by atoms with Gasteiger partial charge in [0.05, 0.1) is 5.56 Å². The van der Waals surface area contributed by atoms with Crippen molar-refractivity contribution in [3.8, 4) is 11.8 Å². The average molecular weight is 512 g/mol. The molecular formula is C30H22F6O. The Hall–Kier alpha value is -3.76. The lowest BCUT2D eigenvalue weighted by molar-refractivity contribution is 0.195. The highest BCUT2D eigenvalue weighted by Gasteiger charge is 2.14. The number of benzene rings is 4. The maximum Gasteiger partial charge on any atom is 0.159 e. The molecule has 4 aromatic rings. The summed E-state index contributed by atoms with van der Waals surface area (Å²) in [6, 6.07) is 11.3. The molecule has 1 nitrogen and oxygen atoms in total. The van der Waals surface area contributed by atoms with Crippen LogP contribution in [-0.2, 0) is 24.0 Å². The van der Waals surface area contributed by atoms with Crippen LogP contribution in [0.1, 0.15) is 34.2 Å². The number of hydrogen-bond acceptors (Lipinski definition) is 1. The Balaban J connectivity index is 1.49. The van der Waals surface area contributed by atoms with E-state index in [1.54, 1.807) is 7.11 Å². The normalized spacial score (nSPS) is 11.0. The smallest absolute Gasteiger partial charge is 0.159 e. The van der Waals surface area contributed by atoms with Crippen molar-refractivity contribution < 1.29 is 31.1 Å². The Bertz CT molecular complexity index is 1470. The van der Waals surface area contributed by atoms with Gasteiger partial charge >= 0.3 is 0 Å². The molecule has 0 saturated carbocycles. The second-order valence-electron chi connectivity index (χ2n) is 8.65. The third-order valence-electron chi connectivity index (χ3n) is 5.99. The van der Waals surface area contributed by atoms with Gasteiger partial charge in [-0.25, -0.2) is 26.3 Å². The number of hydrogen-bond donors (Lipinski definition) is 0. The van der Waals surface area contributed by atoms with Crippen molar-refractivity contribution in [2.75, 3.05) is 13.7 Å². The van der Waals surface area contributed by atoms with Crippen LogP contribution in [-0.4, -0.2) is 13.7 Å². The van der Waals surface area contributed by atoms with E-state index in [9.17, 15) is 26.3 Å². The van der Waals surface area contributed by atoms with Gasteiger partial charge in [0.25, 0.3) is 0 Å². The summed E-state index contributed by atoms with van der Waals surface area (Å²) in [5, 5.41) is 0.851. The average Bonchev–Trinajstić information content (AvgIpc) is 2.84. The predicted octanol–water partition coefficient (Wildman–Crippen LogP) is 7.44. The Morgan fingerprint density at radius 1 is 0.595 bits per heavy atom. The summed E-state index contributed by atoms with van der Waals surface area (Å²) >= 11 is 0. The molecule has 0 aliphatic heterocycles. The molecule has 37 heavy (non-hydrogen) atoms. The molecule has 0 fully saturated rings. The number of halogens is 6. The van der Waals surface area contributed by atoms with E-state index in [2.05, 4.69) is 11.8 Å². The summed E-state index contributed by atoms with van der Waals surface area (Å²) in [5.74, 6) is -0.141. The molecule has 0 spiro atoms. The molecule has 0 radical (unpaired) electrons. The molecule has 0 bridgehead atoms. The number of fused-ring (bicyclic) bond motifs is 1. The maximum atomic E-state index is 14.7. The first kappa shape index (κ1) is 26.3. The number of ether oxygens (including phenoxy) is 1. The first-order chi connectivity index (χ1) is 17.7. The third kappa shape index (κ3) is 6.33. The van der Waals surface area contributed by atoms with Crippen molar-refractivity contribution >= 4 is 10.8 Å². The fourth-order valence-electron chi connectivity index (χ4n) is 4.07. The van der Waals surface area contributed by atoms with Crippen molar-refractivity contribution in [1.29, 1.82) is 0 Å². The van der Waals surface area contributed by atoms with Crippen molar-refractivity contribution in [3.05, 3.63) is 117 Å². The molecule has 0 amide bonds. The molecule has 190 valence electrons. The molecule has 0 heterocycles. The SMILES string of the molecule is COCCCc1cc(F)c(CCc2cc(F)c(C#Cc3ccc4cc(F)c(F)cc4c3)c(F)c2)c(F)c1. The molecular weight excluding hydrogens is 490 g/mol. The molecule has 0 aromatic heterocycles. The van der Waals surface area contributed by atoms with Crippen LogP contribution < -0.4 is 0 Å². The van der Waals surface area contributed by atoms with Gasteiger partial charge in [-0.3, -0.25) is 0 Å². The zero-order valence-corrected chi connectivity index (χ0v) is 19.9. The van der Waals surface area contributed by atoms with E-state index in [1.165, 1.54) is 30.3 Å². The van der Waals surface area contributed by atoms with E-state index in [-0.39, 0.29) is 24.0 Å². The van der Waals surface area contributed by atoms with Crippen LogP contribution in [0.5, 0.6) is 0 Å². The molecule has 7 heteroatoms. The van der Waals surface area contributed by atoms with Gasteiger partial charge in [-0.2, -0.15) is 0 Å². The number of methoxy groups -OCH3 is 1. The first-order valence-electron chi connectivity index (χ1n) is 11.6. The molecule has 0 aliphatic rings. The van der Waals surface area contributed by atoms with E-state index in [1.807, 2.05) is 0 Å². The number of aryl methyl sites for hydroxylation is 2. The summed E-state index contributed by atoms with van der Waals surface area (Å²) in [5.41, 5.74) is 0.490. The van der Waals surface area contributed by atoms with Gasteiger partial charge in [0.2, 0.25) is 0 Å². The van der Waals surface area contributed by atoms with Gasteiger partial charge in [0, 0.05) is 24.8 Å². The summed E-state index contributed by atoms with van der Waals surface area (Å²) in [7, 11) is 1.55. The largest absolute Gasteiger partial charge is 0.385 e. The third-order valence-corrected chi connectivity index (χ3v) is 5.99. The van der Waals surface area contributed by atoms with Gasteiger partial charge in [-0.05, 0) is 96.1 Å². The van der Waals surface area contributed by atoms with E-state index < -0.39 is 40.5 Å². The molecule has 4 aromatic carbocycles. The fourth-order valence-corrected chi connectivity index (χ4v) is 4.07. The lowest BCUT2D eigenvalue weighted by Gasteiger charge is -2.09. The van der Waals surface area contributed by atoms with Crippen LogP contribution in [0.4, 0.5) is 26.3 Å². The number of rotatable bonds is 7. The topological polar surface area (TPSA) is 9.23 Å². The predicted molar refractivity (Wildman–Crippen MR) is 130 cm³/mol. The van der Waals surface area contributed by atoms with Gasteiger partial charge in [-0.15, -0.1) is 0 Å². The van der Waals surface area contributed by atoms with Crippen LogP contribution in [0.15, 0.2) is 54.6 Å². The zero-order valence-electron chi connectivity index (χ0n) is 19.9. The first-order valence-corrected chi connectivity index (χ1v) is 11.6. The lowest BCUT2D eigenvalue weighted by Crippen LogP contribution is -2.03. The van der Waals surface area contributed by atoms with Crippen molar-refractivity contribution in [2.45, 2.75) is 25.7 Å². The van der Waals surface area contributed by atoms with Gasteiger partial charge < -0.3 is 4.74 Å². The van der Waals surface area contributed by atoms with Gasteiger partial charge in [-0.1, -0.05) is 17.9 Å². The van der Waals surface area contributed by atoms with Crippen LogP contribution in [0.2, 0.25) is 0 Å². The van der Waals surface area contributed by atoms with E-state index in [0.29, 0.717) is 41.3 Å². The highest BCUT2D eigenvalue weighted by Crippen LogP contribution is 2.22. The minimum absolute atomic E-state index is 0.0191. The summed E-state index contributed by atoms with van der Waals surface area (Å²) in [6.45, 7) is 0.478. The molecule has 4 rings (SSSR count). The van der Waals surface area contributed by atoms with E-state index >= 15 is 0 Å². The fraction of sp³-hybridized carbons (Fsp3) is 0.200. The molecule has 0 aliphatic carbocycles. The van der Waals surface area contributed by atoms with Crippen molar-refractivity contribution in [2.24, 2.45) is 0 Å². The van der Waals surface area contributed by atoms with E-state index in [4.69, 9.17) is 4.74 Å². The summed E-state index contributed by atoms with van der Waals surface area (Å²) < 4.78 is 90.1. The Labute approximate surface area is 210 Å². The summed E-state index contributed by atoms with van der Waals surface area (Å²) in [4.78, 5) is 0. The van der Waals surface area contributed by atoms with Crippen molar-refractivity contribution in [1.82, 2.24) is 0 Å². The van der Waals surface area contributed by atoms with Crippen molar-refractivity contribution in [3.63, 3.8) is 0 Å². The molecule has 0 unspecified atom stereocenters. The zero-order chi connectivity index (χ0) is 26.5. The van der Waals surface area contributed by atoms with Crippen LogP contribution in [0, 0.1) is 46.7 Å². The summed E-state index contributed by atoms with van der Waals surface area (Å²) in [6.07, 6.45) is 1.04. The van der Waals surface area contributed by atoms with Crippen LogP contribution >= 0.6 is 0 Å². The van der Waals surface area contributed by atoms with Gasteiger partial charge in [0.1, 0.15) is 23.3 Å². The monoisotopic (exact) mass is 512 g/mol. The Morgan fingerprint density at radius 2 is 1.19 bits per heavy atom. The Kier molecular flexibility index (Phi) is 8.20. The molecule has 0 N–H and O–H groups in total. The minimum atomic E-state index is -1.01. The highest BCUT2D eigenvalue weighted by molar-refractivity contribution is 5.84. The highest BCUT2D eigenvalue weighted by atomic mass is 19.2. The lowest BCUT2D eigenvalue weighted by atomic mass is 9.99. The maximum absolute atomic E-state index is 14.7. The second-order valence-corrected chi connectivity index (χ2v) is 8.65. The van der Waals surface area contributed by atoms with Crippen LogP contribution in [0.3, 0.4) is 0 Å². The minimum Gasteiger partial charge on any atom is -0.385 e. The second kappa shape index (κ2) is 11.5. The van der Waals surface area contributed by atoms with Crippen LogP contribution in [0.25, 0.3) is 10.8 Å². The standard InChI is InChI=1S/C30H22F6O/c1-37-10-2-3-19-12-25(31)24(26(32)13-19)9-6-20-14-27(33)23(28(34)15-20)8-5-18-4-7-21-16-29(35)30(36)17-22(21)11-18/h4,7,11-17H,2-3,6,9-10H2,1H3. The van der Waals surface area contributed by atoms with E-state index in [0.717, 1.165) is 24.3 Å². The van der Waals surface area contributed by atoms with Gasteiger partial charge in [0.15, 0.2) is 11.6 Å². The Morgan fingerprint density at radius 3 is 1.84 bits per heavy atom. The quantitative estimate of drug-likeness (QED) is 0.142. The molecule has 0 atom stereocenters.